The molecule has 4 N–H and O–H groups in total. The number of halogens is 1. The normalized spacial score (nSPS) is 9.56. The zero-order chi connectivity index (χ0) is 7.15. The van der Waals surface area contributed by atoms with Crippen molar-refractivity contribution in [2.45, 2.75) is 0 Å². The number of carboxylic acid groups (broad SMARTS) is 1. The molecule has 0 saturated carbocycles. The van der Waals surface area contributed by atoms with Crippen molar-refractivity contribution in [3.8, 4) is 0 Å². The Labute approximate surface area is 59.6 Å². The van der Waals surface area contributed by atoms with E-state index < -0.39 is 17.5 Å². The van der Waals surface area contributed by atoms with Gasteiger partial charge in [-0.3, -0.25) is 0 Å². The van der Waals surface area contributed by atoms with Gasteiger partial charge in [0.15, 0.2) is 0 Å². The Bertz CT molecular complexity index is 75.0. The first-order chi connectivity index (χ1) is 3.46. The number of hydrogen-bond acceptors (Lipinski definition) is 3. The lowest BCUT2D eigenvalue weighted by Crippen LogP contribution is -2.03. The van der Waals surface area contributed by atoms with Gasteiger partial charge in [0.05, 0.1) is 11.4 Å². The van der Waals surface area contributed by atoms with Gasteiger partial charge in [-0.05, 0) is 0 Å². The first-order valence-corrected chi connectivity index (χ1v) is 2.26. The quantitative estimate of drug-likeness (QED) is 0.427. The van der Waals surface area contributed by atoms with Crippen molar-refractivity contribution in [3.63, 3.8) is 0 Å². The monoisotopic (exact) mass is 178 g/mol. The van der Waals surface area contributed by atoms with E-state index >= 15 is 0 Å². The third-order valence-electron chi connectivity index (χ3n) is 0. The number of nitrogens with two attached hydrogens (primary N) is 1. The third-order valence-corrected chi connectivity index (χ3v) is 0. The summed E-state index contributed by atoms with van der Waals surface area (Å²) in [6.07, 6.45) is -1.33. The van der Waals surface area contributed by atoms with E-state index in [1.54, 1.807) is 0 Å². The SMILES string of the molecule is Cl.NC(=O)O.O=S([O-])O. The molecule has 0 aromatic heterocycles. The topological polar surface area (TPSA) is 124 Å². The summed E-state index contributed by atoms with van der Waals surface area (Å²) in [6.45, 7) is 0. The lowest BCUT2D eigenvalue weighted by molar-refractivity contribution is 0.205. The van der Waals surface area contributed by atoms with Crippen molar-refractivity contribution in [1.82, 2.24) is 0 Å². The Morgan fingerprint density at radius 1 is 1.67 bits per heavy atom. The lowest BCUT2D eigenvalue weighted by Gasteiger charge is -1.83. The first kappa shape index (κ1) is 15.9. The number of rotatable bonds is 0. The van der Waals surface area contributed by atoms with Crippen molar-refractivity contribution in [3.05, 3.63) is 0 Å². The minimum atomic E-state index is -2.86. The minimum absolute atomic E-state index is 0. The van der Waals surface area contributed by atoms with Crippen LogP contribution in [0.3, 0.4) is 0 Å². The fourth-order valence-electron chi connectivity index (χ4n) is 0. The average Bonchev–Trinajstić information content (AvgIpc) is 1.25. The van der Waals surface area contributed by atoms with Crippen molar-refractivity contribution in [2.24, 2.45) is 5.73 Å². The average molecular weight is 179 g/mol. The van der Waals surface area contributed by atoms with Crippen LogP contribution in [0.1, 0.15) is 0 Å². The Morgan fingerprint density at radius 3 is 1.67 bits per heavy atom. The van der Waals surface area contributed by atoms with E-state index in [0.717, 1.165) is 0 Å². The van der Waals surface area contributed by atoms with Gasteiger partial charge in [-0.2, -0.15) is 0 Å². The molecule has 0 heterocycles. The minimum Gasteiger partial charge on any atom is -0.750 e. The van der Waals surface area contributed by atoms with Gasteiger partial charge in [0, 0.05) is 0 Å². The van der Waals surface area contributed by atoms with Crippen LogP contribution in [0.2, 0.25) is 0 Å². The van der Waals surface area contributed by atoms with E-state index in [2.05, 4.69) is 5.73 Å². The van der Waals surface area contributed by atoms with Gasteiger partial charge in [0.25, 0.3) is 0 Å². The zero-order valence-electron chi connectivity index (χ0n) is 4.01. The van der Waals surface area contributed by atoms with Crippen LogP contribution in [0.5, 0.6) is 0 Å². The molecule has 1 amide bonds. The summed E-state index contributed by atoms with van der Waals surface area (Å²) in [5.41, 5.74) is 4.03. The van der Waals surface area contributed by atoms with Crippen LogP contribution in [-0.4, -0.2) is 24.5 Å². The highest BCUT2D eigenvalue weighted by Crippen LogP contribution is 1.43. The summed E-state index contributed by atoms with van der Waals surface area (Å²) in [5.74, 6) is 0. The second-order valence-corrected chi connectivity index (χ2v) is 0.990. The summed E-state index contributed by atoms with van der Waals surface area (Å²) in [6, 6.07) is 0. The highest BCUT2D eigenvalue weighted by molar-refractivity contribution is 7.73. The fraction of sp³-hybridized carbons (Fsp3) is 0. The van der Waals surface area contributed by atoms with Crippen LogP contribution in [-0.2, 0) is 11.4 Å². The molecule has 0 aromatic rings. The van der Waals surface area contributed by atoms with Crippen molar-refractivity contribution < 1.29 is 23.2 Å². The van der Waals surface area contributed by atoms with Crippen LogP contribution in [0.4, 0.5) is 4.79 Å². The van der Waals surface area contributed by atoms with Gasteiger partial charge in [-0.15, -0.1) is 12.4 Å². The third kappa shape index (κ3) is 1770. The van der Waals surface area contributed by atoms with E-state index in [9.17, 15) is 0 Å². The van der Waals surface area contributed by atoms with E-state index in [4.69, 9.17) is 23.2 Å². The van der Waals surface area contributed by atoms with Crippen LogP contribution in [0.25, 0.3) is 0 Å². The highest BCUT2D eigenvalue weighted by Gasteiger charge is 1.65. The van der Waals surface area contributed by atoms with Crippen LogP contribution in [0, 0.1) is 0 Å². The number of amides is 1. The molecule has 6 nitrogen and oxygen atoms in total. The summed E-state index contributed by atoms with van der Waals surface area (Å²) >= 11 is -2.86. The van der Waals surface area contributed by atoms with Gasteiger partial charge in [-0.25, -0.2) is 9.00 Å². The summed E-state index contributed by atoms with van der Waals surface area (Å²) in [7, 11) is 0. The molecule has 58 valence electrons. The molecule has 0 aromatic carbocycles. The largest absolute Gasteiger partial charge is 0.750 e. The predicted octanol–water partition coefficient (Wildman–Crippen LogP) is -0.617. The number of hydrogen-bond donors (Lipinski definition) is 3. The molecule has 9 heavy (non-hydrogen) atoms. The van der Waals surface area contributed by atoms with Crippen molar-refractivity contribution in [2.75, 3.05) is 0 Å². The van der Waals surface area contributed by atoms with E-state index in [1.165, 1.54) is 0 Å². The van der Waals surface area contributed by atoms with Gasteiger partial charge in [0.1, 0.15) is 0 Å². The highest BCUT2D eigenvalue weighted by atomic mass is 35.5. The molecule has 0 aliphatic rings. The Balaban J connectivity index is -0.0000000720. The van der Waals surface area contributed by atoms with Gasteiger partial charge >= 0.3 is 6.09 Å². The first-order valence-electron chi connectivity index (χ1n) is 1.23. The molecule has 0 fully saturated rings. The molecule has 8 heteroatoms. The second-order valence-electron chi connectivity index (χ2n) is 0.555. The molecule has 1 atom stereocenters. The zero-order valence-corrected chi connectivity index (χ0v) is 5.65. The van der Waals surface area contributed by atoms with E-state index in [-0.39, 0.29) is 12.4 Å². The molecule has 0 spiro atoms. The van der Waals surface area contributed by atoms with Crippen LogP contribution < -0.4 is 5.73 Å². The maximum Gasteiger partial charge on any atom is 0.402 e. The Hall–Kier alpha value is -0.370. The van der Waals surface area contributed by atoms with Crippen molar-refractivity contribution in [1.29, 1.82) is 0 Å². The lowest BCUT2D eigenvalue weighted by atomic mass is 11.3. The molecule has 0 aliphatic carbocycles. The molecule has 0 rings (SSSR count). The molecule has 0 bridgehead atoms. The standard InChI is InChI=1S/CH3NO2.ClH.H2O3S/c2-1(3)4;;1-4(2)3/h2H2,(H,3,4);1H;(H2,1,2,3)/p-1. The maximum atomic E-state index is 8.78. The summed E-state index contributed by atoms with van der Waals surface area (Å²) < 4.78 is 24.1. The van der Waals surface area contributed by atoms with E-state index in [0.29, 0.717) is 0 Å². The number of primary amides is 1. The van der Waals surface area contributed by atoms with Crippen LogP contribution >= 0.6 is 12.4 Å². The van der Waals surface area contributed by atoms with Crippen LogP contribution in [0.15, 0.2) is 0 Å². The Kier molecular flexibility index (Phi) is 18.6. The summed E-state index contributed by atoms with van der Waals surface area (Å²) in [4.78, 5) is 8.78. The number of carbonyl (C=O) groups is 1. The molecule has 0 saturated heterocycles. The Morgan fingerprint density at radius 2 is 1.67 bits per heavy atom. The smallest absolute Gasteiger partial charge is 0.402 e. The molecule has 1 unspecified atom stereocenters. The van der Waals surface area contributed by atoms with Gasteiger partial charge < -0.3 is 19.9 Å². The maximum absolute atomic E-state index is 8.78. The molecule has 0 radical (unpaired) electrons. The molecular formula is CH5ClNO5S-. The predicted molar refractivity (Wildman–Crippen MR) is 31.0 cm³/mol. The summed E-state index contributed by atoms with van der Waals surface area (Å²) in [5, 5.41) is 7.19. The molecular weight excluding hydrogens is 174 g/mol. The molecule has 0 aliphatic heterocycles. The van der Waals surface area contributed by atoms with Crippen molar-refractivity contribution >= 4 is 29.9 Å². The van der Waals surface area contributed by atoms with Gasteiger partial charge in [0.2, 0.25) is 0 Å². The fourth-order valence-corrected chi connectivity index (χ4v) is 0. The second kappa shape index (κ2) is 10.6. The van der Waals surface area contributed by atoms with E-state index in [1.807, 2.05) is 0 Å². The van der Waals surface area contributed by atoms with Gasteiger partial charge in [-0.1, -0.05) is 0 Å².